The molecule has 0 rings (SSSR count). The quantitative estimate of drug-likeness (QED) is 0.307. The SMILES string of the molecule is CCOC(=O)C(O)C=O. The number of aldehydes is 1. The zero-order chi connectivity index (χ0) is 7.28. The zero-order valence-corrected chi connectivity index (χ0v) is 5.03. The van der Waals surface area contributed by atoms with Crippen molar-refractivity contribution in [3.63, 3.8) is 0 Å². The van der Waals surface area contributed by atoms with Crippen LogP contribution in [0.2, 0.25) is 0 Å². The van der Waals surface area contributed by atoms with Crippen molar-refractivity contribution in [2.24, 2.45) is 0 Å². The average molecular weight is 132 g/mol. The van der Waals surface area contributed by atoms with Crippen molar-refractivity contribution in [3.05, 3.63) is 0 Å². The Hall–Kier alpha value is -0.900. The Kier molecular flexibility index (Phi) is 3.62. The van der Waals surface area contributed by atoms with Crippen molar-refractivity contribution in [2.75, 3.05) is 6.61 Å². The largest absolute Gasteiger partial charge is 0.464 e. The van der Waals surface area contributed by atoms with Crippen LogP contribution >= 0.6 is 0 Å². The van der Waals surface area contributed by atoms with Gasteiger partial charge in [-0.3, -0.25) is 4.79 Å². The molecule has 4 heteroatoms. The Morgan fingerprint density at radius 1 is 1.89 bits per heavy atom. The van der Waals surface area contributed by atoms with E-state index in [1.54, 1.807) is 6.92 Å². The van der Waals surface area contributed by atoms with Crippen LogP contribution in [0.1, 0.15) is 6.92 Å². The van der Waals surface area contributed by atoms with E-state index in [0.717, 1.165) is 0 Å². The van der Waals surface area contributed by atoms with Crippen LogP contribution in [0.5, 0.6) is 0 Å². The summed E-state index contributed by atoms with van der Waals surface area (Å²) in [7, 11) is 0. The molecule has 0 spiro atoms. The van der Waals surface area contributed by atoms with E-state index in [0.29, 0.717) is 0 Å². The Balaban J connectivity index is 3.58. The fourth-order valence-electron chi connectivity index (χ4n) is 0.283. The molecule has 0 fully saturated rings. The van der Waals surface area contributed by atoms with Gasteiger partial charge in [0.1, 0.15) is 0 Å². The van der Waals surface area contributed by atoms with Gasteiger partial charge in [0.15, 0.2) is 6.29 Å². The fourth-order valence-corrected chi connectivity index (χ4v) is 0.283. The normalized spacial score (nSPS) is 12.2. The molecule has 0 heterocycles. The van der Waals surface area contributed by atoms with Gasteiger partial charge in [0.25, 0.3) is 0 Å². The second-order valence-corrected chi connectivity index (χ2v) is 1.33. The third kappa shape index (κ3) is 2.81. The monoisotopic (exact) mass is 132 g/mol. The van der Waals surface area contributed by atoms with Crippen molar-refractivity contribution in [2.45, 2.75) is 13.0 Å². The van der Waals surface area contributed by atoms with Gasteiger partial charge < -0.3 is 9.84 Å². The maximum atomic E-state index is 10.3. The Morgan fingerprint density at radius 3 is 2.78 bits per heavy atom. The molecule has 0 aliphatic rings. The molecule has 0 aromatic heterocycles. The van der Waals surface area contributed by atoms with Crippen LogP contribution in [0, 0.1) is 0 Å². The number of rotatable bonds is 3. The van der Waals surface area contributed by atoms with E-state index in [4.69, 9.17) is 5.11 Å². The standard InChI is InChI=1S/C5H8O4/c1-2-9-5(8)4(7)3-6/h3-4,7H,2H2,1H3. The summed E-state index contributed by atoms with van der Waals surface area (Å²) in [6, 6.07) is 0. The molecule has 0 amide bonds. The summed E-state index contributed by atoms with van der Waals surface area (Å²) in [5.41, 5.74) is 0. The van der Waals surface area contributed by atoms with E-state index in [1.165, 1.54) is 0 Å². The first-order chi connectivity index (χ1) is 4.22. The van der Waals surface area contributed by atoms with Gasteiger partial charge in [0.05, 0.1) is 6.61 Å². The highest BCUT2D eigenvalue weighted by Gasteiger charge is 2.13. The molecular formula is C5H8O4. The number of esters is 1. The van der Waals surface area contributed by atoms with Crippen LogP contribution in [0.25, 0.3) is 0 Å². The summed E-state index contributed by atoms with van der Waals surface area (Å²) < 4.78 is 4.27. The zero-order valence-electron chi connectivity index (χ0n) is 5.03. The Labute approximate surface area is 52.4 Å². The molecule has 0 aromatic rings. The number of aliphatic hydroxyl groups excluding tert-OH is 1. The van der Waals surface area contributed by atoms with Gasteiger partial charge in [0.2, 0.25) is 6.10 Å². The molecule has 0 aliphatic heterocycles. The molecule has 1 unspecified atom stereocenters. The molecule has 9 heavy (non-hydrogen) atoms. The van der Waals surface area contributed by atoms with Crippen LogP contribution in [0.4, 0.5) is 0 Å². The van der Waals surface area contributed by atoms with E-state index in [9.17, 15) is 9.59 Å². The lowest BCUT2D eigenvalue weighted by Crippen LogP contribution is -2.23. The number of carbonyl (C=O) groups is 2. The molecule has 0 saturated heterocycles. The average Bonchev–Trinajstić information content (AvgIpc) is 1.87. The first-order valence-corrected chi connectivity index (χ1v) is 2.52. The minimum atomic E-state index is -1.62. The van der Waals surface area contributed by atoms with Gasteiger partial charge in [-0.05, 0) is 6.92 Å². The van der Waals surface area contributed by atoms with Gasteiger partial charge in [-0.2, -0.15) is 0 Å². The van der Waals surface area contributed by atoms with E-state index in [1.807, 2.05) is 0 Å². The third-order valence-corrected chi connectivity index (χ3v) is 0.657. The maximum Gasteiger partial charge on any atom is 0.342 e. The van der Waals surface area contributed by atoms with Crippen molar-refractivity contribution >= 4 is 12.3 Å². The summed E-state index contributed by atoms with van der Waals surface area (Å²) in [4.78, 5) is 19.9. The van der Waals surface area contributed by atoms with E-state index in [2.05, 4.69) is 4.74 Å². The maximum absolute atomic E-state index is 10.3. The summed E-state index contributed by atoms with van der Waals surface area (Å²) in [6.07, 6.45) is -1.50. The minimum absolute atomic E-state index is 0.123. The lowest BCUT2D eigenvalue weighted by Gasteiger charge is -2.00. The van der Waals surface area contributed by atoms with Gasteiger partial charge >= 0.3 is 5.97 Å². The number of aliphatic hydroxyl groups is 1. The van der Waals surface area contributed by atoms with Gasteiger partial charge in [-0.15, -0.1) is 0 Å². The summed E-state index contributed by atoms with van der Waals surface area (Å²) in [6.45, 7) is 1.76. The first kappa shape index (κ1) is 8.10. The van der Waals surface area contributed by atoms with Crippen molar-refractivity contribution < 1.29 is 19.4 Å². The summed E-state index contributed by atoms with van der Waals surface area (Å²) in [5.74, 6) is -0.896. The molecule has 0 saturated carbocycles. The van der Waals surface area contributed by atoms with Crippen LogP contribution in [-0.4, -0.2) is 30.1 Å². The molecule has 1 N–H and O–H groups in total. The lowest BCUT2D eigenvalue weighted by molar-refractivity contribution is -0.154. The molecule has 0 bridgehead atoms. The van der Waals surface area contributed by atoms with Crippen LogP contribution < -0.4 is 0 Å². The Bertz CT molecular complexity index is 110. The van der Waals surface area contributed by atoms with Gasteiger partial charge in [-0.1, -0.05) is 0 Å². The second-order valence-electron chi connectivity index (χ2n) is 1.33. The van der Waals surface area contributed by atoms with E-state index >= 15 is 0 Å². The molecule has 1 atom stereocenters. The van der Waals surface area contributed by atoms with Crippen LogP contribution in [0.3, 0.4) is 0 Å². The smallest absolute Gasteiger partial charge is 0.342 e. The van der Waals surface area contributed by atoms with Gasteiger partial charge in [-0.25, -0.2) is 4.79 Å². The second kappa shape index (κ2) is 4.03. The van der Waals surface area contributed by atoms with Crippen LogP contribution in [0.15, 0.2) is 0 Å². The van der Waals surface area contributed by atoms with E-state index in [-0.39, 0.29) is 12.9 Å². The topological polar surface area (TPSA) is 63.6 Å². The van der Waals surface area contributed by atoms with Gasteiger partial charge in [0, 0.05) is 0 Å². The highest BCUT2D eigenvalue weighted by atomic mass is 16.5. The summed E-state index contributed by atoms with van der Waals surface area (Å²) in [5, 5.41) is 8.41. The Morgan fingerprint density at radius 2 is 2.44 bits per heavy atom. The predicted molar refractivity (Wildman–Crippen MR) is 28.7 cm³/mol. The molecule has 0 aromatic carbocycles. The van der Waals surface area contributed by atoms with Crippen molar-refractivity contribution in [1.82, 2.24) is 0 Å². The fraction of sp³-hybridized carbons (Fsp3) is 0.600. The predicted octanol–water partition coefficient (Wildman–Crippen LogP) is -0.891. The molecule has 52 valence electrons. The van der Waals surface area contributed by atoms with Crippen LogP contribution in [-0.2, 0) is 14.3 Å². The van der Waals surface area contributed by atoms with E-state index < -0.39 is 12.1 Å². The third-order valence-electron chi connectivity index (χ3n) is 0.657. The number of carbonyl (C=O) groups excluding carboxylic acids is 2. The molecule has 4 nitrogen and oxygen atoms in total. The number of hydrogen-bond acceptors (Lipinski definition) is 4. The highest BCUT2D eigenvalue weighted by molar-refractivity contribution is 5.90. The first-order valence-electron chi connectivity index (χ1n) is 2.52. The molecule has 0 aliphatic carbocycles. The molecular weight excluding hydrogens is 124 g/mol. The summed E-state index contributed by atoms with van der Waals surface area (Å²) >= 11 is 0. The number of hydrogen-bond donors (Lipinski definition) is 1. The van der Waals surface area contributed by atoms with Crippen molar-refractivity contribution in [1.29, 1.82) is 0 Å². The minimum Gasteiger partial charge on any atom is -0.464 e. The highest BCUT2D eigenvalue weighted by Crippen LogP contribution is 1.82. The van der Waals surface area contributed by atoms with Crippen molar-refractivity contribution in [3.8, 4) is 0 Å². The number of ether oxygens (including phenoxy) is 1. The lowest BCUT2D eigenvalue weighted by atomic mass is 10.4. The molecule has 0 radical (unpaired) electrons.